The fourth-order valence-electron chi connectivity index (χ4n) is 2.41. The number of alkyl halides is 3. The van der Waals surface area contributed by atoms with Gasteiger partial charge >= 0.3 is 27.5 Å². The molecule has 140 valence electrons. The van der Waals surface area contributed by atoms with Crippen molar-refractivity contribution in [1.29, 1.82) is 0 Å². The summed E-state index contributed by atoms with van der Waals surface area (Å²) in [4.78, 5) is 23.7. The second-order valence-corrected chi connectivity index (χ2v) is 8.25. The Morgan fingerprint density at radius 2 is 1.75 bits per heavy atom. The van der Waals surface area contributed by atoms with Crippen molar-refractivity contribution in [3.63, 3.8) is 0 Å². The van der Waals surface area contributed by atoms with Crippen LogP contribution in [-0.2, 0) is 29.1 Å². The highest BCUT2D eigenvalue weighted by molar-refractivity contribution is 7.90. The van der Waals surface area contributed by atoms with E-state index in [-0.39, 0.29) is 17.1 Å². The fourth-order valence-corrected chi connectivity index (χ4v) is 3.58. The molecule has 0 aromatic heterocycles. The summed E-state index contributed by atoms with van der Waals surface area (Å²) in [6, 6.07) is -1.73. The van der Waals surface area contributed by atoms with Crippen LogP contribution in [0.5, 0.6) is 0 Å². The van der Waals surface area contributed by atoms with Gasteiger partial charge in [-0.25, -0.2) is 8.42 Å². The summed E-state index contributed by atoms with van der Waals surface area (Å²) >= 11 is 0. The van der Waals surface area contributed by atoms with Gasteiger partial charge in [-0.3, -0.25) is 9.59 Å². The van der Waals surface area contributed by atoms with E-state index in [4.69, 9.17) is 4.74 Å². The molecule has 1 aliphatic heterocycles. The van der Waals surface area contributed by atoms with Crippen molar-refractivity contribution in [2.75, 3.05) is 13.7 Å². The van der Waals surface area contributed by atoms with E-state index in [0.717, 1.165) is 7.11 Å². The molecule has 0 aliphatic carbocycles. The van der Waals surface area contributed by atoms with Gasteiger partial charge in [-0.1, -0.05) is 0 Å². The molecule has 0 bridgehead atoms. The quantitative estimate of drug-likeness (QED) is 0.691. The van der Waals surface area contributed by atoms with Gasteiger partial charge in [0.1, 0.15) is 11.6 Å². The standard InChI is InChI=1S/C13H20F3NO6S/c1-12(2,3)23-11(19)10-8(7-9(18)22-4)5-6-17(10)24(20,21)13(14,15)16/h8,10H,5-7H2,1-4H3/t8-,10-/m1/s1. The first kappa shape index (κ1) is 20.7. The molecule has 1 aliphatic rings. The van der Waals surface area contributed by atoms with Crippen molar-refractivity contribution in [2.24, 2.45) is 5.92 Å². The van der Waals surface area contributed by atoms with Gasteiger partial charge in [0.25, 0.3) is 0 Å². The van der Waals surface area contributed by atoms with Gasteiger partial charge in [-0.15, -0.1) is 0 Å². The third-order valence-electron chi connectivity index (χ3n) is 3.38. The first-order chi connectivity index (χ1) is 10.7. The van der Waals surface area contributed by atoms with Crippen LogP contribution < -0.4 is 0 Å². The highest BCUT2D eigenvalue weighted by Gasteiger charge is 2.57. The SMILES string of the molecule is COC(=O)C[C@H]1CCN(S(=O)(=O)C(F)(F)F)[C@H]1C(=O)OC(C)(C)C. The maximum atomic E-state index is 12.8. The zero-order chi connectivity index (χ0) is 18.9. The van der Waals surface area contributed by atoms with Crippen LogP contribution >= 0.6 is 0 Å². The van der Waals surface area contributed by atoms with E-state index in [2.05, 4.69) is 4.74 Å². The lowest BCUT2D eigenvalue weighted by molar-refractivity contribution is -0.160. The fraction of sp³-hybridized carbons (Fsp3) is 0.846. The number of rotatable bonds is 4. The maximum absolute atomic E-state index is 12.8. The summed E-state index contributed by atoms with van der Waals surface area (Å²) in [7, 11) is -4.63. The molecule has 0 N–H and O–H groups in total. The van der Waals surface area contributed by atoms with Crippen molar-refractivity contribution < 1.29 is 40.7 Å². The van der Waals surface area contributed by atoms with Crippen molar-refractivity contribution in [1.82, 2.24) is 4.31 Å². The highest BCUT2D eigenvalue weighted by Crippen LogP contribution is 2.37. The summed E-state index contributed by atoms with van der Waals surface area (Å²) in [5, 5.41) is 0. The molecule has 1 heterocycles. The van der Waals surface area contributed by atoms with Gasteiger partial charge in [0.15, 0.2) is 0 Å². The molecule has 0 spiro atoms. The number of carbonyl (C=O) groups is 2. The monoisotopic (exact) mass is 375 g/mol. The van der Waals surface area contributed by atoms with Crippen LogP contribution in [0.1, 0.15) is 33.6 Å². The van der Waals surface area contributed by atoms with Crippen LogP contribution in [0.15, 0.2) is 0 Å². The smallest absolute Gasteiger partial charge is 0.469 e. The van der Waals surface area contributed by atoms with Crippen LogP contribution in [0.4, 0.5) is 13.2 Å². The molecular formula is C13H20F3NO6S. The van der Waals surface area contributed by atoms with E-state index in [1.54, 1.807) is 0 Å². The van der Waals surface area contributed by atoms with Crippen LogP contribution in [-0.4, -0.2) is 55.5 Å². The van der Waals surface area contributed by atoms with Crippen molar-refractivity contribution in [3.05, 3.63) is 0 Å². The van der Waals surface area contributed by atoms with Gasteiger partial charge in [-0.2, -0.15) is 17.5 Å². The minimum absolute atomic E-state index is 0.0642. The number of hydrogen-bond donors (Lipinski definition) is 0. The van der Waals surface area contributed by atoms with Gasteiger partial charge < -0.3 is 9.47 Å². The van der Waals surface area contributed by atoms with Crippen LogP contribution in [0.2, 0.25) is 0 Å². The summed E-state index contributed by atoms with van der Waals surface area (Å²) in [5.74, 6) is -2.83. The Morgan fingerprint density at radius 3 is 2.17 bits per heavy atom. The minimum Gasteiger partial charge on any atom is -0.469 e. The van der Waals surface area contributed by atoms with Crippen LogP contribution in [0.25, 0.3) is 0 Å². The second kappa shape index (κ2) is 6.87. The number of nitrogens with zero attached hydrogens (tertiary/aromatic N) is 1. The Kier molecular flexibility index (Phi) is 5.92. The van der Waals surface area contributed by atoms with Crippen LogP contribution in [0.3, 0.4) is 0 Å². The van der Waals surface area contributed by atoms with E-state index >= 15 is 0 Å². The number of hydrogen-bond acceptors (Lipinski definition) is 6. The number of carbonyl (C=O) groups excluding carboxylic acids is 2. The molecule has 0 amide bonds. The van der Waals surface area contributed by atoms with Gasteiger partial charge in [-0.05, 0) is 33.1 Å². The second-order valence-electron chi connectivity index (χ2n) is 6.37. The normalized spacial score (nSPS) is 23.1. The summed E-state index contributed by atoms with van der Waals surface area (Å²) in [5.41, 5.74) is -6.57. The van der Waals surface area contributed by atoms with Crippen molar-refractivity contribution in [3.8, 4) is 0 Å². The van der Waals surface area contributed by atoms with Crippen LogP contribution in [0, 0.1) is 5.92 Å². The molecule has 0 aromatic carbocycles. The van der Waals surface area contributed by atoms with E-state index in [0.29, 0.717) is 0 Å². The Labute approximate surface area is 138 Å². The molecule has 0 aromatic rings. The molecule has 1 fully saturated rings. The van der Waals surface area contributed by atoms with E-state index < -0.39 is 51.6 Å². The topological polar surface area (TPSA) is 90.0 Å². The number of ether oxygens (including phenoxy) is 2. The average molecular weight is 375 g/mol. The molecule has 24 heavy (non-hydrogen) atoms. The van der Waals surface area contributed by atoms with Gasteiger partial charge in [0.2, 0.25) is 0 Å². The Balaban J connectivity index is 3.20. The number of halogens is 3. The maximum Gasteiger partial charge on any atom is 0.511 e. The Morgan fingerprint density at radius 1 is 1.21 bits per heavy atom. The molecule has 7 nitrogen and oxygen atoms in total. The van der Waals surface area contributed by atoms with Crippen molar-refractivity contribution >= 4 is 22.0 Å². The van der Waals surface area contributed by atoms with E-state index in [9.17, 15) is 31.2 Å². The van der Waals surface area contributed by atoms with Gasteiger partial charge in [0.05, 0.1) is 13.5 Å². The predicted molar refractivity (Wildman–Crippen MR) is 76.1 cm³/mol. The number of esters is 2. The molecular weight excluding hydrogens is 355 g/mol. The molecule has 2 atom stereocenters. The average Bonchev–Trinajstić information content (AvgIpc) is 2.79. The molecule has 1 rings (SSSR count). The van der Waals surface area contributed by atoms with E-state index in [1.807, 2.05) is 0 Å². The predicted octanol–water partition coefficient (Wildman–Crippen LogP) is 1.43. The largest absolute Gasteiger partial charge is 0.511 e. The minimum atomic E-state index is -5.72. The number of methoxy groups -OCH3 is 1. The molecule has 0 unspecified atom stereocenters. The van der Waals surface area contributed by atoms with Gasteiger partial charge in [0, 0.05) is 6.54 Å². The molecule has 0 radical (unpaired) electrons. The lowest BCUT2D eigenvalue weighted by Gasteiger charge is -2.29. The lowest BCUT2D eigenvalue weighted by Crippen LogP contribution is -2.50. The first-order valence-electron chi connectivity index (χ1n) is 7.08. The Hall–Kier alpha value is -1.36. The van der Waals surface area contributed by atoms with Crippen molar-refractivity contribution in [2.45, 2.75) is 50.8 Å². The summed E-state index contributed by atoms with van der Waals surface area (Å²) in [6.07, 6.45) is -0.474. The molecule has 11 heteroatoms. The zero-order valence-electron chi connectivity index (χ0n) is 13.7. The lowest BCUT2D eigenvalue weighted by atomic mass is 9.97. The summed E-state index contributed by atoms with van der Waals surface area (Å²) in [6.45, 7) is 3.96. The number of sulfonamides is 1. The third kappa shape index (κ3) is 4.59. The zero-order valence-corrected chi connectivity index (χ0v) is 14.5. The summed E-state index contributed by atoms with van der Waals surface area (Å²) < 4.78 is 71.5. The Bertz CT molecular complexity index is 596. The molecule has 1 saturated heterocycles. The third-order valence-corrected chi connectivity index (χ3v) is 5.00. The molecule has 0 saturated carbocycles. The first-order valence-corrected chi connectivity index (χ1v) is 8.52. The van der Waals surface area contributed by atoms with E-state index in [1.165, 1.54) is 20.8 Å². The highest BCUT2D eigenvalue weighted by atomic mass is 32.2.